The van der Waals surface area contributed by atoms with Crippen molar-refractivity contribution in [3.8, 4) is 0 Å². The zero-order valence-electron chi connectivity index (χ0n) is 15.3. The summed E-state index contributed by atoms with van der Waals surface area (Å²) in [5.41, 5.74) is 8.34. The number of nitrogens with two attached hydrogens (primary N) is 1. The molecule has 0 heterocycles. The largest absolute Gasteiger partial charge is 0.449 e. The second-order valence-corrected chi connectivity index (χ2v) is 15.6. The Bertz CT molecular complexity index is 478. The van der Waals surface area contributed by atoms with Gasteiger partial charge in [0.2, 0.25) is 0 Å². The molecule has 0 aliphatic rings. The van der Waals surface area contributed by atoms with Crippen molar-refractivity contribution in [3.05, 3.63) is 29.8 Å². The van der Waals surface area contributed by atoms with Gasteiger partial charge >= 0.3 is 6.09 Å². The van der Waals surface area contributed by atoms with Gasteiger partial charge in [0.15, 0.2) is 0 Å². The lowest BCUT2D eigenvalue weighted by Gasteiger charge is -2.42. The molecule has 0 fully saturated rings. The van der Waals surface area contributed by atoms with Crippen LogP contribution in [0.15, 0.2) is 29.2 Å². The third kappa shape index (κ3) is 5.28. The minimum atomic E-state index is -1.50. The molecule has 0 radical (unpaired) electrons. The standard InChI is InChI=1S/C18H31NO2SSi/c1-13(2)23(14(3)4,15(5)6)22-17-9-7-16(8-10-17)11-12-21-18(19)20/h7-10,13-15H,11-12H2,1-6H3,(H2,19,20). The van der Waals surface area contributed by atoms with Crippen LogP contribution in [0.4, 0.5) is 4.79 Å². The van der Waals surface area contributed by atoms with Crippen molar-refractivity contribution < 1.29 is 9.53 Å². The molecule has 0 spiro atoms. The van der Waals surface area contributed by atoms with Crippen LogP contribution >= 0.6 is 11.2 Å². The van der Waals surface area contributed by atoms with Crippen LogP contribution in [-0.4, -0.2) is 19.9 Å². The SMILES string of the molecule is CC(C)[Si](Sc1ccc(CCOC(N)=O)cc1)(C(C)C)C(C)C. The Morgan fingerprint density at radius 1 is 1.04 bits per heavy atom. The molecule has 0 unspecified atom stereocenters. The van der Waals surface area contributed by atoms with Crippen LogP contribution in [-0.2, 0) is 11.2 Å². The van der Waals surface area contributed by atoms with Crippen molar-refractivity contribution in [3.63, 3.8) is 0 Å². The van der Waals surface area contributed by atoms with E-state index in [-0.39, 0.29) is 0 Å². The summed E-state index contributed by atoms with van der Waals surface area (Å²) < 4.78 is 4.79. The van der Waals surface area contributed by atoms with E-state index in [0.717, 1.165) is 16.6 Å². The quantitative estimate of drug-likeness (QED) is 0.620. The lowest BCUT2D eigenvalue weighted by Crippen LogP contribution is -2.40. The highest BCUT2D eigenvalue weighted by Crippen LogP contribution is 2.51. The zero-order valence-corrected chi connectivity index (χ0v) is 17.1. The van der Waals surface area contributed by atoms with Gasteiger partial charge in [-0.1, -0.05) is 53.7 Å². The molecule has 5 heteroatoms. The second kappa shape index (κ2) is 8.78. The molecule has 2 N–H and O–H groups in total. The summed E-state index contributed by atoms with van der Waals surface area (Å²) in [6.07, 6.45) is -0.00611. The first kappa shape index (κ1) is 20.1. The molecule has 1 aromatic rings. The highest BCUT2D eigenvalue weighted by Gasteiger charge is 2.43. The minimum absolute atomic E-state index is 0.338. The number of hydrogen-bond acceptors (Lipinski definition) is 3. The highest BCUT2D eigenvalue weighted by atomic mass is 32.4. The normalized spacial score (nSPS) is 12.2. The molecule has 0 aliphatic carbocycles. The van der Waals surface area contributed by atoms with Crippen LogP contribution in [0.2, 0.25) is 16.6 Å². The van der Waals surface area contributed by atoms with Crippen LogP contribution in [0.25, 0.3) is 0 Å². The molecule has 1 aromatic carbocycles. The first-order chi connectivity index (χ1) is 10.7. The van der Waals surface area contributed by atoms with Crippen LogP contribution in [0.3, 0.4) is 0 Å². The Kier molecular flexibility index (Phi) is 7.68. The van der Waals surface area contributed by atoms with E-state index in [1.165, 1.54) is 10.5 Å². The predicted octanol–water partition coefficient (Wildman–Crippen LogP) is 5.59. The highest BCUT2D eigenvalue weighted by molar-refractivity contribution is 8.29. The topological polar surface area (TPSA) is 52.3 Å². The van der Waals surface area contributed by atoms with Crippen molar-refractivity contribution in [1.82, 2.24) is 0 Å². The summed E-state index contributed by atoms with van der Waals surface area (Å²) in [5, 5.41) is 0. The van der Waals surface area contributed by atoms with Gasteiger partial charge in [0.05, 0.1) is 6.61 Å². The maximum absolute atomic E-state index is 10.6. The summed E-state index contributed by atoms with van der Waals surface area (Å²) in [6.45, 7) is 14.6. The van der Waals surface area contributed by atoms with Crippen molar-refractivity contribution in [2.24, 2.45) is 5.73 Å². The molecule has 23 heavy (non-hydrogen) atoms. The lowest BCUT2D eigenvalue weighted by atomic mass is 10.2. The number of amides is 1. The third-order valence-electron chi connectivity index (χ3n) is 4.56. The number of primary amides is 1. The van der Waals surface area contributed by atoms with Crippen LogP contribution in [0.1, 0.15) is 47.1 Å². The third-order valence-corrected chi connectivity index (χ3v) is 16.8. The van der Waals surface area contributed by atoms with E-state index in [4.69, 9.17) is 10.5 Å². The summed E-state index contributed by atoms with van der Waals surface area (Å²) in [5.74, 6) is 0. The molecule has 0 aliphatic heterocycles. The second-order valence-electron chi connectivity index (χ2n) is 6.98. The van der Waals surface area contributed by atoms with E-state index < -0.39 is 13.3 Å². The van der Waals surface area contributed by atoms with Crippen LogP contribution < -0.4 is 5.73 Å². The monoisotopic (exact) mass is 353 g/mol. The molecule has 0 aromatic heterocycles. The molecule has 0 atom stereocenters. The number of carbonyl (C=O) groups excluding carboxylic acids is 1. The molecule has 0 saturated carbocycles. The van der Waals surface area contributed by atoms with Gasteiger partial charge in [-0.05, 0) is 34.3 Å². The molecule has 3 nitrogen and oxygen atoms in total. The van der Waals surface area contributed by atoms with Gasteiger partial charge in [0.1, 0.15) is 7.22 Å². The Hall–Kier alpha value is -0.943. The van der Waals surface area contributed by atoms with Crippen LogP contribution in [0, 0.1) is 0 Å². The number of hydrogen-bond donors (Lipinski definition) is 1. The molecular weight excluding hydrogens is 322 g/mol. The average molecular weight is 354 g/mol. The fourth-order valence-electron chi connectivity index (χ4n) is 3.55. The van der Waals surface area contributed by atoms with Gasteiger partial charge in [-0.3, -0.25) is 0 Å². The van der Waals surface area contributed by atoms with E-state index in [1.54, 1.807) is 0 Å². The number of ether oxygens (including phenoxy) is 1. The number of rotatable bonds is 8. The van der Waals surface area contributed by atoms with E-state index in [1.807, 2.05) is 0 Å². The smallest absolute Gasteiger partial charge is 0.404 e. The average Bonchev–Trinajstić information content (AvgIpc) is 2.44. The molecular formula is C18H31NO2SSi. The molecule has 0 bridgehead atoms. The maximum Gasteiger partial charge on any atom is 0.404 e. The Labute approximate surface area is 146 Å². The van der Waals surface area contributed by atoms with Gasteiger partial charge < -0.3 is 10.5 Å². The molecule has 130 valence electrons. The van der Waals surface area contributed by atoms with Gasteiger partial charge in [-0.2, -0.15) is 11.2 Å². The maximum atomic E-state index is 10.6. The number of benzene rings is 1. The molecule has 1 amide bonds. The summed E-state index contributed by atoms with van der Waals surface area (Å²) in [7, 11) is -1.50. The van der Waals surface area contributed by atoms with Crippen molar-refractivity contribution in [1.29, 1.82) is 0 Å². The van der Waals surface area contributed by atoms with E-state index >= 15 is 0 Å². The van der Waals surface area contributed by atoms with Gasteiger partial charge in [0, 0.05) is 11.3 Å². The Morgan fingerprint density at radius 2 is 1.52 bits per heavy atom. The fourth-order valence-corrected chi connectivity index (χ4v) is 12.7. The Morgan fingerprint density at radius 3 is 1.91 bits per heavy atom. The summed E-state index contributed by atoms with van der Waals surface area (Å²) in [4.78, 5) is 11.9. The fraction of sp³-hybridized carbons (Fsp3) is 0.611. The van der Waals surface area contributed by atoms with Crippen molar-refractivity contribution >= 4 is 24.5 Å². The first-order valence-corrected chi connectivity index (χ1v) is 12.2. The predicted molar refractivity (Wildman–Crippen MR) is 103 cm³/mol. The molecule has 0 saturated heterocycles. The first-order valence-electron chi connectivity index (χ1n) is 8.40. The van der Waals surface area contributed by atoms with Crippen molar-refractivity contribution in [2.45, 2.75) is 69.5 Å². The summed E-state index contributed by atoms with van der Waals surface area (Å²) in [6, 6.07) is 8.68. The van der Waals surface area contributed by atoms with Gasteiger partial charge in [-0.25, -0.2) is 4.79 Å². The van der Waals surface area contributed by atoms with E-state index in [2.05, 4.69) is 77.0 Å². The Balaban J connectivity index is 2.84. The molecule has 1 rings (SSSR count). The van der Waals surface area contributed by atoms with E-state index in [9.17, 15) is 4.79 Å². The van der Waals surface area contributed by atoms with Crippen LogP contribution in [0.5, 0.6) is 0 Å². The van der Waals surface area contributed by atoms with Gasteiger partial charge in [-0.15, -0.1) is 0 Å². The van der Waals surface area contributed by atoms with Crippen molar-refractivity contribution in [2.75, 3.05) is 6.61 Å². The summed E-state index contributed by atoms with van der Waals surface area (Å²) >= 11 is 2.13. The number of carbonyl (C=O) groups is 1. The van der Waals surface area contributed by atoms with Gasteiger partial charge in [0.25, 0.3) is 0 Å². The minimum Gasteiger partial charge on any atom is -0.449 e. The van der Waals surface area contributed by atoms with E-state index in [0.29, 0.717) is 13.0 Å². The lowest BCUT2D eigenvalue weighted by molar-refractivity contribution is 0.158. The zero-order chi connectivity index (χ0) is 17.6.